The Morgan fingerprint density at radius 3 is 2.89 bits per heavy atom. The van der Waals surface area contributed by atoms with Crippen molar-refractivity contribution in [3.05, 3.63) is 64.6 Å². The van der Waals surface area contributed by atoms with Crippen LogP contribution in [0.25, 0.3) is 5.65 Å². The molecule has 4 heteroatoms. The van der Waals surface area contributed by atoms with Gasteiger partial charge < -0.3 is 0 Å². The molecule has 0 aliphatic rings. The van der Waals surface area contributed by atoms with Gasteiger partial charge in [-0.2, -0.15) is 5.10 Å². The van der Waals surface area contributed by atoms with Gasteiger partial charge in [-0.3, -0.25) is 0 Å². The van der Waals surface area contributed by atoms with Crippen LogP contribution in [0.4, 0.5) is 0 Å². The van der Waals surface area contributed by atoms with E-state index in [0.717, 1.165) is 17.9 Å². The van der Waals surface area contributed by atoms with E-state index in [1.807, 2.05) is 24.4 Å². The van der Waals surface area contributed by atoms with E-state index in [0.29, 0.717) is 5.02 Å². The Bertz CT molecular complexity index is 703. The van der Waals surface area contributed by atoms with Crippen molar-refractivity contribution in [2.24, 2.45) is 0 Å². The van der Waals surface area contributed by atoms with Crippen molar-refractivity contribution in [1.82, 2.24) is 14.6 Å². The molecule has 2 aromatic heterocycles. The highest BCUT2D eigenvalue weighted by Gasteiger charge is 2.06. The average molecular weight is 258 g/mol. The van der Waals surface area contributed by atoms with Crippen molar-refractivity contribution in [2.75, 3.05) is 0 Å². The number of benzene rings is 1. The Morgan fingerprint density at radius 1 is 1.22 bits per heavy atom. The van der Waals surface area contributed by atoms with Gasteiger partial charge in [0.1, 0.15) is 0 Å². The molecule has 0 unspecified atom stereocenters. The Morgan fingerprint density at radius 2 is 2.06 bits per heavy atom. The molecule has 0 fully saturated rings. The van der Waals surface area contributed by atoms with E-state index in [-0.39, 0.29) is 0 Å². The van der Waals surface area contributed by atoms with Crippen LogP contribution in [-0.4, -0.2) is 14.6 Å². The highest BCUT2D eigenvalue weighted by Crippen LogP contribution is 2.14. The second-order valence-electron chi connectivity index (χ2n) is 4.28. The van der Waals surface area contributed by atoms with Crippen LogP contribution in [0.15, 0.2) is 42.6 Å². The predicted octanol–water partition coefficient (Wildman–Crippen LogP) is 3.28. The number of pyridine rings is 1. The summed E-state index contributed by atoms with van der Waals surface area (Å²) in [7, 11) is 0. The zero-order chi connectivity index (χ0) is 12.5. The van der Waals surface area contributed by atoms with Crippen molar-refractivity contribution >= 4 is 17.2 Å². The summed E-state index contributed by atoms with van der Waals surface area (Å²) in [5.41, 5.74) is 3.29. The van der Waals surface area contributed by atoms with Crippen molar-refractivity contribution in [1.29, 1.82) is 0 Å². The second kappa shape index (κ2) is 4.42. The van der Waals surface area contributed by atoms with Gasteiger partial charge in [-0.05, 0) is 24.1 Å². The number of hydrogen-bond acceptors (Lipinski definition) is 2. The summed E-state index contributed by atoms with van der Waals surface area (Å²) in [6, 6.07) is 11.9. The molecule has 3 aromatic rings. The van der Waals surface area contributed by atoms with Gasteiger partial charge in [0.15, 0.2) is 11.5 Å². The Hall–Kier alpha value is -1.87. The van der Waals surface area contributed by atoms with Crippen molar-refractivity contribution < 1.29 is 0 Å². The van der Waals surface area contributed by atoms with Crippen LogP contribution < -0.4 is 0 Å². The lowest BCUT2D eigenvalue weighted by Crippen LogP contribution is -1.94. The van der Waals surface area contributed by atoms with Crippen molar-refractivity contribution in [3.63, 3.8) is 0 Å². The van der Waals surface area contributed by atoms with Gasteiger partial charge in [0, 0.05) is 23.7 Å². The highest BCUT2D eigenvalue weighted by molar-refractivity contribution is 6.30. The Labute approximate surface area is 110 Å². The van der Waals surface area contributed by atoms with Gasteiger partial charge in [0.05, 0.1) is 0 Å². The molecule has 90 valence electrons. The molecule has 0 aliphatic heterocycles. The van der Waals surface area contributed by atoms with Crippen LogP contribution >= 0.6 is 11.6 Å². The molecule has 18 heavy (non-hydrogen) atoms. The van der Waals surface area contributed by atoms with Gasteiger partial charge in [-0.15, -0.1) is 0 Å². The smallest absolute Gasteiger partial charge is 0.157 e. The van der Waals surface area contributed by atoms with Crippen molar-refractivity contribution in [2.45, 2.75) is 13.3 Å². The molecule has 0 spiro atoms. The molecular weight excluding hydrogens is 246 g/mol. The van der Waals surface area contributed by atoms with E-state index in [4.69, 9.17) is 11.6 Å². The fraction of sp³-hybridized carbons (Fsp3) is 0.143. The van der Waals surface area contributed by atoms with Gasteiger partial charge >= 0.3 is 0 Å². The average Bonchev–Trinajstić information content (AvgIpc) is 2.73. The standard InChI is InChI=1S/C14H12ClN3/c1-10-4-2-3-5-11(10)8-13-16-14-9-12(15)6-7-18(14)17-13/h2-7,9H,8H2,1H3. The van der Waals surface area contributed by atoms with Crippen LogP contribution in [0.1, 0.15) is 17.0 Å². The first-order valence-corrected chi connectivity index (χ1v) is 6.15. The topological polar surface area (TPSA) is 30.2 Å². The summed E-state index contributed by atoms with van der Waals surface area (Å²) < 4.78 is 1.75. The lowest BCUT2D eigenvalue weighted by molar-refractivity contribution is 0.897. The molecule has 0 atom stereocenters. The largest absolute Gasteiger partial charge is 0.221 e. The van der Waals surface area contributed by atoms with Crippen LogP contribution in [-0.2, 0) is 6.42 Å². The van der Waals surface area contributed by atoms with E-state index < -0.39 is 0 Å². The summed E-state index contributed by atoms with van der Waals surface area (Å²) in [4.78, 5) is 4.48. The third-order valence-electron chi connectivity index (χ3n) is 2.95. The quantitative estimate of drug-likeness (QED) is 0.705. The molecule has 0 saturated carbocycles. The molecule has 0 amide bonds. The number of halogens is 1. The van der Waals surface area contributed by atoms with Gasteiger partial charge in [-0.25, -0.2) is 9.50 Å². The van der Waals surface area contributed by atoms with E-state index >= 15 is 0 Å². The molecule has 0 aliphatic carbocycles. The zero-order valence-corrected chi connectivity index (χ0v) is 10.7. The van der Waals surface area contributed by atoms with Crippen LogP contribution in [0.2, 0.25) is 5.02 Å². The zero-order valence-electron chi connectivity index (χ0n) is 9.97. The molecule has 3 rings (SSSR count). The number of hydrogen-bond donors (Lipinski definition) is 0. The minimum atomic E-state index is 0.678. The first-order chi connectivity index (χ1) is 8.72. The summed E-state index contributed by atoms with van der Waals surface area (Å²) in [5, 5.41) is 5.12. The number of nitrogens with zero attached hydrogens (tertiary/aromatic N) is 3. The monoisotopic (exact) mass is 257 g/mol. The minimum absolute atomic E-state index is 0.678. The molecule has 0 saturated heterocycles. The van der Waals surface area contributed by atoms with Crippen molar-refractivity contribution in [3.8, 4) is 0 Å². The Balaban J connectivity index is 1.98. The van der Waals surface area contributed by atoms with Crippen LogP contribution in [0.3, 0.4) is 0 Å². The molecule has 2 heterocycles. The molecule has 0 N–H and O–H groups in total. The van der Waals surface area contributed by atoms with Gasteiger partial charge in [0.2, 0.25) is 0 Å². The first-order valence-electron chi connectivity index (χ1n) is 5.78. The van der Waals surface area contributed by atoms with Gasteiger partial charge in [-0.1, -0.05) is 35.9 Å². The van der Waals surface area contributed by atoms with E-state index in [2.05, 4.69) is 29.1 Å². The summed E-state index contributed by atoms with van der Waals surface area (Å²) in [6.07, 6.45) is 2.57. The third kappa shape index (κ3) is 2.09. The number of rotatable bonds is 2. The molecule has 3 nitrogen and oxygen atoms in total. The van der Waals surface area contributed by atoms with E-state index in [1.54, 1.807) is 10.6 Å². The maximum Gasteiger partial charge on any atom is 0.157 e. The predicted molar refractivity (Wildman–Crippen MR) is 72.0 cm³/mol. The van der Waals surface area contributed by atoms with Gasteiger partial charge in [0.25, 0.3) is 0 Å². The highest BCUT2D eigenvalue weighted by atomic mass is 35.5. The molecule has 1 aromatic carbocycles. The number of aryl methyl sites for hydroxylation is 1. The summed E-state index contributed by atoms with van der Waals surface area (Å²) in [5.74, 6) is 0.812. The normalized spacial score (nSPS) is 11.0. The maximum absolute atomic E-state index is 5.93. The Kier molecular flexibility index (Phi) is 2.76. The van der Waals surface area contributed by atoms with Crippen LogP contribution in [0, 0.1) is 6.92 Å². The summed E-state index contributed by atoms with van der Waals surface area (Å²) >= 11 is 5.93. The molecular formula is C14H12ClN3. The second-order valence-corrected chi connectivity index (χ2v) is 4.72. The maximum atomic E-state index is 5.93. The third-order valence-corrected chi connectivity index (χ3v) is 3.19. The minimum Gasteiger partial charge on any atom is -0.221 e. The fourth-order valence-electron chi connectivity index (χ4n) is 1.96. The number of fused-ring (bicyclic) bond motifs is 1. The lowest BCUT2D eigenvalue weighted by Gasteiger charge is -2.01. The molecule has 0 bridgehead atoms. The lowest BCUT2D eigenvalue weighted by atomic mass is 10.1. The van der Waals surface area contributed by atoms with E-state index in [1.165, 1.54) is 11.1 Å². The summed E-state index contributed by atoms with van der Waals surface area (Å²) in [6.45, 7) is 2.10. The fourth-order valence-corrected chi connectivity index (χ4v) is 2.11. The molecule has 0 radical (unpaired) electrons. The number of aromatic nitrogens is 3. The van der Waals surface area contributed by atoms with Crippen LogP contribution in [0.5, 0.6) is 0 Å². The van der Waals surface area contributed by atoms with E-state index in [9.17, 15) is 0 Å². The SMILES string of the molecule is Cc1ccccc1Cc1nc2cc(Cl)ccn2n1. The first kappa shape index (κ1) is 11.2.